The van der Waals surface area contributed by atoms with Crippen LogP contribution >= 0.6 is 11.8 Å². The van der Waals surface area contributed by atoms with Gasteiger partial charge in [0, 0.05) is 22.5 Å². The summed E-state index contributed by atoms with van der Waals surface area (Å²) in [6.07, 6.45) is -0.625. The van der Waals surface area contributed by atoms with Gasteiger partial charge in [-0.05, 0) is 31.4 Å². The molecule has 0 spiro atoms. The van der Waals surface area contributed by atoms with Gasteiger partial charge >= 0.3 is 0 Å². The average Bonchev–Trinajstić information content (AvgIpc) is 3.07. The Labute approximate surface area is 161 Å². The number of aliphatic hydroxyl groups excluding tert-OH is 1. The number of aromatic nitrogens is 4. The van der Waals surface area contributed by atoms with Crippen molar-refractivity contribution in [2.75, 3.05) is 12.4 Å². The average molecular weight is 380 g/mol. The first-order valence-electron chi connectivity index (χ1n) is 8.72. The Hall–Kier alpha value is -2.64. The number of ether oxygens (including phenoxy) is 1. The van der Waals surface area contributed by atoms with E-state index < -0.39 is 6.10 Å². The minimum atomic E-state index is -0.625. The lowest BCUT2D eigenvalue weighted by atomic mass is 10.1. The molecule has 4 aromatic rings. The Morgan fingerprint density at radius 3 is 2.81 bits per heavy atom. The van der Waals surface area contributed by atoms with E-state index in [-0.39, 0.29) is 6.61 Å². The van der Waals surface area contributed by atoms with Crippen LogP contribution in [-0.2, 0) is 0 Å². The summed E-state index contributed by atoms with van der Waals surface area (Å²) >= 11 is 1.44. The minimum Gasteiger partial charge on any atom is -0.490 e. The molecule has 0 saturated carbocycles. The monoisotopic (exact) mass is 380 g/mol. The third-order valence-electron chi connectivity index (χ3n) is 4.25. The number of rotatable bonds is 6. The SMILES string of the molecule is Cc1cc(C)n2c(SC[C@@H](O)COc3cccc4ccccc34)nnc2n1. The van der Waals surface area contributed by atoms with Crippen LogP contribution in [0.4, 0.5) is 0 Å². The number of hydrogen-bond donors (Lipinski definition) is 1. The van der Waals surface area contributed by atoms with Crippen LogP contribution in [0.5, 0.6) is 5.75 Å². The third-order valence-corrected chi connectivity index (χ3v) is 5.32. The fraction of sp³-hybridized carbons (Fsp3) is 0.250. The quantitative estimate of drug-likeness (QED) is 0.517. The Kier molecular flexibility index (Phi) is 4.96. The van der Waals surface area contributed by atoms with Crippen LogP contribution in [0.15, 0.2) is 53.7 Å². The zero-order valence-corrected chi connectivity index (χ0v) is 16.0. The highest BCUT2D eigenvalue weighted by Crippen LogP contribution is 2.26. The van der Waals surface area contributed by atoms with Gasteiger partial charge in [0.25, 0.3) is 5.78 Å². The summed E-state index contributed by atoms with van der Waals surface area (Å²) in [5, 5.41) is 21.5. The van der Waals surface area contributed by atoms with Crippen LogP contribution in [0.3, 0.4) is 0 Å². The molecular formula is C20H20N4O2S. The van der Waals surface area contributed by atoms with E-state index in [2.05, 4.69) is 15.2 Å². The number of thioether (sulfide) groups is 1. The normalized spacial score (nSPS) is 12.6. The molecule has 2 heterocycles. The molecule has 7 heteroatoms. The second-order valence-electron chi connectivity index (χ2n) is 6.41. The van der Waals surface area contributed by atoms with Crippen molar-refractivity contribution in [1.82, 2.24) is 19.6 Å². The van der Waals surface area contributed by atoms with Crippen molar-refractivity contribution in [3.8, 4) is 5.75 Å². The van der Waals surface area contributed by atoms with Gasteiger partial charge in [-0.1, -0.05) is 48.2 Å². The van der Waals surface area contributed by atoms with E-state index >= 15 is 0 Å². The highest BCUT2D eigenvalue weighted by Gasteiger charge is 2.13. The predicted molar refractivity (Wildman–Crippen MR) is 106 cm³/mol. The van der Waals surface area contributed by atoms with Crippen molar-refractivity contribution in [3.05, 3.63) is 59.9 Å². The maximum atomic E-state index is 10.3. The molecule has 2 aromatic carbocycles. The first-order chi connectivity index (χ1) is 13.1. The number of hydrogen-bond acceptors (Lipinski definition) is 6. The molecule has 1 atom stereocenters. The van der Waals surface area contributed by atoms with Gasteiger partial charge in [-0.2, -0.15) is 0 Å². The molecule has 6 nitrogen and oxygen atoms in total. The van der Waals surface area contributed by atoms with Crippen molar-refractivity contribution in [2.45, 2.75) is 25.1 Å². The zero-order chi connectivity index (χ0) is 18.8. The Morgan fingerprint density at radius 1 is 1.11 bits per heavy atom. The standard InChI is InChI=1S/C20H20N4O2S/c1-13-10-14(2)24-19(21-13)22-23-20(24)27-12-16(25)11-26-18-9-5-7-15-6-3-4-8-17(15)18/h3-10,16,25H,11-12H2,1-2H3/t16-/m0/s1. The van der Waals surface area contributed by atoms with Crippen LogP contribution in [0.2, 0.25) is 0 Å². The van der Waals surface area contributed by atoms with E-state index in [0.717, 1.165) is 33.1 Å². The molecule has 0 amide bonds. The highest BCUT2D eigenvalue weighted by atomic mass is 32.2. The molecule has 27 heavy (non-hydrogen) atoms. The topological polar surface area (TPSA) is 72.5 Å². The van der Waals surface area contributed by atoms with Gasteiger partial charge < -0.3 is 9.84 Å². The molecule has 4 rings (SSSR count). The minimum absolute atomic E-state index is 0.216. The van der Waals surface area contributed by atoms with E-state index in [0.29, 0.717) is 11.5 Å². The van der Waals surface area contributed by atoms with E-state index in [1.807, 2.05) is 66.8 Å². The van der Waals surface area contributed by atoms with E-state index in [1.165, 1.54) is 11.8 Å². The van der Waals surface area contributed by atoms with Crippen LogP contribution in [0.1, 0.15) is 11.4 Å². The fourth-order valence-electron chi connectivity index (χ4n) is 3.02. The first kappa shape index (κ1) is 17.8. The van der Waals surface area contributed by atoms with E-state index in [4.69, 9.17) is 4.74 Å². The molecule has 0 aliphatic rings. The first-order valence-corrected chi connectivity index (χ1v) is 9.71. The molecule has 1 N–H and O–H groups in total. The Balaban J connectivity index is 1.41. The molecule has 0 bridgehead atoms. The van der Waals surface area contributed by atoms with Gasteiger partial charge in [0.05, 0.1) is 6.10 Å². The lowest BCUT2D eigenvalue weighted by molar-refractivity contribution is 0.127. The van der Waals surface area contributed by atoms with Gasteiger partial charge in [0.2, 0.25) is 0 Å². The van der Waals surface area contributed by atoms with Crippen LogP contribution in [0, 0.1) is 13.8 Å². The van der Waals surface area contributed by atoms with Crippen LogP contribution in [0.25, 0.3) is 16.6 Å². The van der Waals surface area contributed by atoms with Gasteiger partial charge in [-0.15, -0.1) is 10.2 Å². The van der Waals surface area contributed by atoms with Crippen LogP contribution in [-0.4, -0.2) is 43.2 Å². The molecule has 0 aliphatic heterocycles. The summed E-state index contributed by atoms with van der Waals surface area (Å²) in [5.74, 6) is 1.82. The van der Waals surface area contributed by atoms with Crippen molar-refractivity contribution in [2.24, 2.45) is 0 Å². The van der Waals surface area contributed by atoms with Crippen molar-refractivity contribution >= 4 is 28.3 Å². The smallest absolute Gasteiger partial charge is 0.256 e. The molecule has 0 unspecified atom stereocenters. The lowest BCUT2D eigenvalue weighted by Crippen LogP contribution is -2.20. The molecular weight excluding hydrogens is 360 g/mol. The summed E-state index contributed by atoms with van der Waals surface area (Å²) < 4.78 is 7.76. The molecule has 0 fully saturated rings. The summed E-state index contributed by atoms with van der Waals surface area (Å²) in [5.41, 5.74) is 1.93. The van der Waals surface area contributed by atoms with Gasteiger partial charge in [0.1, 0.15) is 12.4 Å². The Bertz CT molecular complexity index is 1090. The van der Waals surface area contributed by atoms with Gasteiger partial charge in [0.15, 0.2) is 5.16 Å². The number of nitrogens with zero attached hydrogens (tertiary/aromatic N) is 4. The molecule has 0 saturated heterocycles. The summed E-state index contributed by atoms with van der Waals surface area (Å²) in [4.78, 5) is 4.38. The number of fused-ring (bicyclic) bond motifs is 2. The summed E-state index contributed by atoms with van der Waals surface area (Å²) in [7, 11) is 0. The maximum absolute atomic E-state index is 10.3. The van der Waals surface area contributed by atoms with Gasteiger partial charge in [-0.25, -0.2) is 4.98 Å². The largest absolute Gasteiger partial charge is 0.490 e. The van der Waals surface area contributed by atoms with E-state index in [9.17, 15) is 5.11 Å². The Morgan fingerprint density at radius 2 is 1.93 bits per heavy atom. The van der Waals surface area contributed by atoms with Crippen molar-refractivity contribution in [1.29, 1.82) is 0 Å². The highest BCUT2D eigenvalue weighted by molar-refractivity contribution is 7.99. The lowest BCUT2D eigenvalue weighted by Gasteiger charge is -2.13. The predicted octanol–water partition coefficient (Wildman–Crippen LogP) is 3.43. The van der Waals surface area contributed by atoms with E-state index in [1.54, 1.807) is 0 Å². The molecule has 0 aliphatic carbocycles. The molecule has 138 valence electrons. The molecule has 2 aromatic heterocycles. The number of benzene rings is 2. The van der Waals surface area contributed by atoms with Crippen molar-refractivity contribution < 1.29 is 9.84 Å². The second-order valence-corrected chi connectivity index (χ2v) is 7.40. The van der Waals surface area contributed by atoms with Crippen LogP contribution < -0.4 is 4.74 Å². The number of aryl methyl sites for hydroxylation is 2. The van der Waals surface area contributed by atoms with Crippen molar-refractivity contribution in [3.63, 3.8) is 0 Å². The maximum Gasteiger partial charge on any atom is 0.256 e. The molecule has 0 radical (unpaired) electrons. The number of aliphatic hydroxyl groups is 1. The fourth-order valence-corrected chi connectivity index (χ4v) is 3.91. The third kappa shape index (κ3) is 3.74. The summed E-state index contributed by atoms with van der Waals surface area (Å²) in [6.45, 7) is 4.14. The summed E-state index contributed by atoms with van der Waals surface area (Å²) in [6, 6.07) is 16.0. The zero-order valence-electron chi connectivity index (χ0n) is 15.2. The second kappa shape index (κ2) is 7.54. The van der Waals surface area contributed by atoms with Gasteiger partial charge in [-0.3, -0.25) is 4.40 Å².